The van der Waals surface area contributed by atoms with Crippen LogP contribution in [0.5, 0.6) is 0 Å². The van der Waals surface area contributed by atoms with Crippen LogP contribution in [-0.4, -0.2) is 25.8 Å². The molecule has 1 aliphatic rings. The second-order valence-corrected chi connectivity index (χ2v) is 9.07. The SMILES string of the molecule is CCCCCCCCC#CCC1(O)C(F)(F)C(F)(F)C1(Br)Br. The average Bonchev–Trinajstić information content (AvgIpc) is 2.43. The van der Waals surface area contributed by atoms with Gasteiger partial charge < -0.3 is 5.11 Å². The molecule has 1 saturated carbocycles. The Kier molecular flexibility index (Phi) is 6.81. The molecule has 1 aliphatic carbocycles. The first-order valence-electron chi connectivity index (χ1n) is 7.38. The van der Waals surface area contributed by atoms with Crippen LogP contribution >= 0.6 is 31.9 Å². The van der Waals surface area contributed by atoms with Crippen molar-refractivity contribution >= 4 is 31.9 Å². The molecule has 128 valence electrons. The first kappa shape index (κ1) is 20.2. The van der Waals surface area contributed by atoms with Crippen molar-refractivity contribution in [1.82, 2.24) is 0 Å². The number of halogens is 6. The minimum atomic E-state index is -4.53. The van der Waals surface area contributed by atoms with E-state index in [4.69, 9.17) is 0 Å². The maximum atomic E-state index is 13.5. The molecular formula is C15H20Br2F4O. The van der Waals surface area contributed by atoms with E-state index in [0.29, 0.717) is 6.42 Å². The molecule has 0 bridgehead atoms. The molecular weight excluding hydrogens is 432 g/mol. The molecule has 1 rings (SSSR count). The lowest BCUT2D eigenvalue weighted by Gasteiger charge is -2.58. The Bertz CT molecular complexity index is 423. The molecule has 22 heavy (non-hydrogen) atoms. The summed E-state index contributed by atoms with van der Waals surface area (Å²) in [6.07, 6.45) is 6.28. The van der Waals surface area contributed by atoms with Crippen LogP contribution in [0.3, 0.4) is 0 Å². The first-order valence-corrected chi connectivity index (χ1v) is 8.96. The number of hydrogen-bond acceptors (Lipinski definition) is 1. The number of hydrogen-bond donors (Lipinski definition) is 1. The van der Waals surface area contributed by atoms with Gasteiger partial charge in [0.1, 0.15) is 0 Å². The van der Waals surface area contributed by atoms with E-state index in [1.807, 2.05) is 0 Å². The van der Waals surface area contributed by atoms with Crippen LogP contribution in [0.4, 0.5) is 17.6 Å². The third-order valence-electron chi connectivity index (χ3n) is 3.95. The molecule has 0 aromatic rings. The van der Waals surface area contributed by atoms with Crippen molar-refractivity contribution in [1.29, 1.82) is 0 Å². The summed E-state index contributed by atoms with van der Waals surface area (Å²) in [5, 5.41) is 9.87. The van der Waals surface area contributed by atoms with Crippen molar-refractivity contribution in [3.63, 3.8) is 0 Å². The third-order valence-corrected chi connectivity index (χ3v) is 6.26. The molecule has 1 nitrogen and oxygen atoms in total. The van der Waals surface area contributed by atoms with Crippen molar-refractivity contribution in [3.05, 3.63) is 0 Å². The van der Waals surface area contributed by atoms with Crippen molar-refractivity contribution in [2.24, 2.45) is 0 Å². The lowest BCUT2D eigenvalue weighted by molar-refractivity contribution is -0.376. The predicted molar refractivity (Wildman–Crippen MR) is 85.8 cm³/mol. The van der Waals surface area contributed by atoms with Crippen LogP contribution in [0.2, 0.25) is 0 Å². The Labute approximate surface area is 145 Å². The van der Waals surface area contributed by atoms with Gasteiger partial charge in [0.25, 0.3) is 0 Å². The quantitative estimate of drug-likeness (QED) is 0.230. The fourth-order valence-corrected chi connectivity index (χ4v) is 3.62. The van der Waals surface area contributed by atoms with Crippen LogP contribution in [0.1, 0.15) is 58.3 Å². The van der Waals surface area contributed by atoms with Gasteiger partial charge in [-0.15, -0.1) is 5.92 Å². The Balaban J connectivity index is 2.44. The molecule has 1 unspecified atom stereocenters. The molecule has 1 atom stereocenters. The average molecular weight is 452 g/mol. The number of unbranched alkanes of at least 4 members (excludes halogenated alkanes) is 6. The molecule has 7 heteroatoms. The van der Waals surface area contributed by atoms with Gasteiger partial charge in [0.05, 0.1) is 0 Å². The van der Waals surface area contributed by atoms with Gasteiger partial charge in [-0.05, 0) is 6.42 Å². The summed E-state index contributed by atoms with van der Waals surface area (Å²) in [5.41, 5.74) is -2.93. The Morgan fingerprint density at radius 3 is 1.95 bits per heavy atom. The van der Waals surface area contributed by atoms with Crippen LogP contribution in [-0.2, 0) is 0 Å². The van der Waals surface area contributed by atoms with E-state index in [2.05, 4.69) is 50.6 Å². The van der Waals surface area contributed by atoms with Gasteiger partial charge in [-0.1, -0.05) is 76.8 Å². The molecule has 0 amide bonds. The molecule has 0 spiro atoms. The van der Waals surface area contributed by atoms with Gasteiger partial charge in [-0.3, -0.25) is 0 Å². The van der Waals surface area contributed by atoms with Crippen LogP contribution < -0.4 is 0 Å². The van der Waals surface area contributed by atoms with E-state index in [-0.39, 0.29) is 0 Å². The van der Waals surface area contributed by atoms with Crippen LogP contribution in [0, 0.1) is 11.8 Å². The Morgan fingerprint density at radius 2 is 1.41 bits per heavy atom. The molecule has 0 aromatic carbocycles. The summed E-state index contributed by atoms with van der Waals surface area (Å²) >= 11 is 4.94. The summed E-state index contributed by atoms with van der Waals surface area (Å²) in [7, 11) is 0. The maximum Gasteiger partial charge on any atom is 0.343 e. The highest BCUT2D eigenvalue weighted by Gasteiger charge is 2.93. The molecule has 0 radical (unpaired) electrons. The van der Waals surface area contributed by atoms with Gasteiger partial charge in [0.2, 0.25) is 0 Å². The van der Waals surface area contributed by atoms with E-state index in [9.17, 15) is 22.7 Å². The maximum absolute atomic E-state index is 13.5. The lowest BCUT2D eigenvalue weighted by atomic mass is 9.70. The molecule has 0 aromatic heterocycles. The fourth-order valence-electron chi connectivity index (χ4n) is 2.35. The zero-order valence-corrected chi connectivity index (χ0v) is 15.5. The van der Waals surface area contributed by atoms with E-state index < -0.39 is 27.1 Å². The zero-order chi connectivity index (χ0) is 17.1. The van der Waals surface area contributed by atoms with E-state index in [1.165, 1.54) is 12.8 Å². The van der Waals surface area contributed by atoms with Gasteiger partial charge in [0.15, 0.2) is 8.83 Å². The topological polar surface area (TPSA) is 20.2 Å². The van der Waals surface area contributed by atoms with Crippen molar-refractivity contribution in [2.45, 2.75) is 79.0 Å². The summed E-state index contributed by atoms with van der Waals surface area (Å²) in [6, 6.07) is 0. The van der Waals surface area contributed by atoms with Crippen molar-refractivity contribution in [3.8, 4) is 11.8 Å². The highest BCUT2D eigenvalue weighted by molar-refractivity contribution is 9.25. The second-order valence-electron chi connectivity index (χ2n) is 5.63. The normalized spacial score (nSPS) is 27.6. The monoisotopic (exact) mass is 450 g/mol. The number of alkyl halides is 6. The molecule has 0 aliphatic heterocycles. The lowest BCUT2D eigenvalue weighted by Crippen LogP contribution is -2.84. The standard InChI is InChI=1S/C15H20Br2F4O/c1-2-3-4-5-6-7-8-9-10-11-12(22)13(16,17)15(20,21)14(12,18)19/h22H,2-8,11H2,1H3. The smallest absolute Gasteiger partial charge is 0.343 e. The van der Waals surface area contributed by atoms with Crippen molar-refractivity contribution < 1.29 is 22.7 Å². The van der Waals surface area contributed by atoms with Crippen LogP contribution in [0.15, 0.2) is 0 Å². The predicted octanol–water partition coefficient (Wildman–Crippen LogP) is 5.63. The molecule has 1 fully saturated rings. The number of aliphatic hydroxyl groups is 1. The van der Waals surface area contributed by atoms with Gasteiger partial charge in [-0.25, -0.2) is 0 Å². The fraction of sp³-hybridized carbons (Fsp3) is 0.867. The van der Waals surface area contributed by atoms with Crippen LogP contribution in [0.25, 0.3) is 0 Å². The minimum Gasteiger partial charge on any atom is -0.380 e. The summed E-state index contributed by atoms with van der Waals surface area (Å²) in [5.74, 6) is -3.83. The molecule has 0 heterocycles. The Hall–Kier alpha value is 0.200. The van der Waals surface area contributed by atoms with E-state index in [0.717, 1.165) is 25.7 Å². The second kappa shape index (κ2) is 7.40. The van der Waals surface area contributed by atoms with E-state index in [1.54, 1.807) is 0 Å². The zero-order valence-electron chi connectivity index (χ0n) is 12.4. The highest BCUT2D eigenvalue weighted by Crippen LogP contribution is 2.71. The van der Waals surface area contributed by atoms with Crippen molar-refractivity contribution in [2.75, 3.05) is 0 Å². The van der Waals surface area contributed by atoms with Gasteiger partial charge in [0, 0.05) is 12.8 Å². The largest absolute Gasteiger partial charge is 0.380 e. The van der Waals surface area contributed by atoms with Gasteiger partial charge in [-0.2, -0.15) is 17.6 Å². The van der Waals surface area contributed by atoms with E-state index >= 15 is 0 Å². The van der Waals surface area contributed by atoms with Gasteiger partial charge >= 0.3 is 11.8 Å². The minimum absolute atomic E-state index is 0.516. The first-order chi connectivity index (χ1) is 10.1. The Morgan fingerprint density at radius 1 is 0.864 bits per heavy atom. The summed E-state index contributed by atoms with van der Waals surface area (Å²) < 4.78 is 51.0. The molecule has 1 N–H and O–H groups in total. The third kappa shape index (κ3) is 3.21. The number of rotatable bonds is 7. The molecule has 0 saturated heterocycles. The summed E-state index contributed by atoms with van der Waals surface area (Å²) in [4.78, 5) is 0. The summed E-state index contributed by atoms with van der Waals surface area (Å²) in [6.45, 7) is 2.13. The highest BCUT2D eigenvalue weighted by atomic mass is 79.9.